The SMILES string of the molecule is CCOc1cc(-c2nc(SC)[nH]c(=O)c2C#N)ccc1OC(=O)c1cccs1. The van der Waals surface area contributed by atoms with Gasteiger partial charge in [-0.25, -0.2) is 9.78 Å². The van der Waals surface area contributed by atoms with E-state index in [9.17, 15) is 14.9 Å². The van der Waals surface area contributed by atoms with E-state index in [0.29, 0.717) is 28.0 Å². The van der Waals surface area contributed by atoms with Gasteiger partial charge in [-0.15, -0.1) is 11.3 Å². The first-order valence-corrected chi connectivity index (χ1v) is 10.3. The molecule has 0 aliphatic heterocycles. The first kappa shape index (κ1) is 19.7. The second-order valence-corrected chi connectivity index (χ2v) is 7.11. The number of nitrogens with zero attached hydrogens (tertiary/aromatic N) is 2. The summed E-state index contributed by atoms with van der Waals surface area (Å²) in [6.07, 6.45) is 1.77. The van der Waals surface area contributed by atoms with Crippen LogP contribution >= 0.6 is 23.1 Å². The number of carbonyl (C=O) groups excluding carboxylic acids is 1. The molecule has 0 fully saturated rings. The lowest BCUT2D eigenvalue weighted by Gasteiger charge is -2.12. The number of H-pyrrole nitrogens is 1. The molecule has 0 spiro atoms. The summed E-state index contributed by atoms with van der Waals surface area (Å²) in [6, 6.07) is 10.1. The summed E-state index contributed by atoms with van der Waals surface area (Å²) in [5, 5.41) is 11.5. The van der Waals surface area contributed by atoms with Gasteiger partial charge in [-0.05, 0) is 42.8 Å². The van der Waals surface area contributed by atoms with Crippen molar-refractivity contribution in [2.45, 2.75) is 12.1 Å². The van der Waals surface area contributed by atoms with Crippen molar-refractivity contribution in [3.05, 3.63) is 56.5 Å². The van der Waals surface area contributed by atoms with E-state index >= 15 is 0 Å². The lowest BCUT2D eigenvalue weighted by Crippen LogP contribution is -2.14. The van der Waals surface area contributed by atoms with Gasteiger partial charge in [-0.1, -0.05) is 17.8 Å². The molecule has 0 atom stereocenters. The Morgan fingerprint density at radius 2 is 2.18 bits per heavy atom. The van der Waals surface area contributed by atoms with Gasteiger partial charge in [0.15, 0.2) is 16.7 Å². The van der Waals surface area contributed by atoms with Crippen LogP contribution in [0.25, 0.3) is 11.3 Å². The van der Waals surface area contributed by atoms with Crippen molar-refractivity contribution in [2.24, 2.45) is 0 Å². The molecular formula is C19H15N3O4S2. The van der Waals surface area contributed by atoms with Crippen molar-refractivity contribution < 1.29 is 14.3 Å². The lowest BCUT2D eigenvalue weighted by atomic mass is 10.1. The van der Waals surface area contributed by atoms with Gasteiger partial charge in [0.25, 0.3) is 5.56 Å². The fourth-order valence-electron chi connectivity index (χ4n) is 2.41. The number of benzene rings is 1. The lowest BCUT2D eigenvalue weighted by molar-refractivity contribution is 0.0733. The number of nitrogens with one attached hydrogen (secondary N) is 1. The third-order valence-electron chi connectivity index (χ3n) is 3.64. The molecule has 0 amide bonds. The number of nitriles is 1. The van der Waals surface area contributed by atoms with Crippen LogP contribution in [0.3, 0.4) is 0 Å². The molecule has 142 valence electrons. The molecule has 0 radical (unpaired) electrons. The summed E-state index contributed by atoms with van der Waals surface area (Å²) in [7, 11) is 0. The van der Waals surface area contributed by atoms with Crippen LogP contribution in [0.1, 0.15) is 22.2 Å². The number of thioether (sulfide) groups is 1. The quantitative estimate of drug-likeness (QED) is 0.284. The summed E-state index contributed by atoms with van der Waals surface area (Å²) >= 11 is 2.54. The molecule has 28 heavy (non-hydrogen) atoms. The number of hydrogen-bond donors (Lipinski definition) is 1. The molecule has 7 nitrogen and oxygen atoms in total. The highest BCUT2D eigenvalue weighted by Crippen LogP contribution is 2.34. The minimum atomic E-state index is -0.511. The second kappa shape index (κ2) is 8.73. The van der Waals surface area contributed by atoms with E-state index in [1.807, 2.05) is 6.07 Å². The Hall–Kier alpha value is -3.09. The van der Waals surface area contributed by atoms with Crippen LogP contribution in [0, 0.1) is 11.3 Å². The van der Waals surface area contributed by atoms with Crippen molar-refractivity contribution in [3.8, 4) is 28.8 Å². The molecule has 0 aliphatic rings. The molecule has 2 heterocycles. The number of aromatic amines is 1. The van der Waals surface area contributed by atoms with E-state index in [1.165, 1.54) is 23.1 Å². The first-order chi connectivity index (χ1) is 13.6. The summed E-state index contributed by atoms with van der Waals surface area (Å²) in [5.41, 5.74) is 0.150. The molecule has 0 bridgehead atoms. The summed E-state index contributed by atoms with van der Waals surface area (Å²) in [6.45, 7) is 2.15. The van der Waals surface area contributed by atoms with Crippen molar-refractivity contribution in [1.29, 1.82) is 5.26 Å². The van der Waals surface area contributed by atoms with Gasteiger partial charge in [-0.3, -0.25) is 4.79 Å². The van der Waals surface area contributed by atoms with Crippen LogP contribution in [-0.4, -0.2) is 28.8 Å². The summed E-state index contributed by atoms with van der Waals surface area (Å²) < 4.78 is 11.0. The molecule has 3 aromatic rings. The van der Waals surface area contributed by atoms with Gasteiger partial charge in [0.1, 0.15) is 16.5 Å². The summed E-state index contributed by atoms with van der Waals surface area (Å²) in [5.74, 6) is 0.0828. The normalized spacial score (nSPS) is 10.3. The van der Waals surface area contributed by atoms with Gasteiger partial charge in [-0.2, -0.15) is 5.26 Å². The van der Waals surface area contributed by atoms with Crippen LogP contribution in [0.2, 0.25) is 0 Å². The van der Waals surface area contributed by atoms with E-state index in [-0.39, 0.29) is 17.0 Å². The van der Waals surface area contributed by atoms with E-state index < -0.39 is 11.5 Å². The average molecular weight is 413 g/mol. The Balaban J connectivity index is 2.04. The smallest absolute Gasteiger partial charge is 0.353 e. The Labute approximate surface area is 169 Å². The number of esters is 1. The van der Waals surface area contributed by atoms with Gasteiger partial charge in [0, 0.05) is 5.56 Å². The van der Waals surface area contributed by atoms with Crippen molar-refractivity contribution in [1.82, 2.24) is 9.97 Å². The molecule has 0 saturated carbocycles. The van der Waals surface area contributed by atoms with Gasteiger partial charge in [0.2, 0.25) is 0 Å². The van der Waals surface area contributed by atoms with Crippen LogP contribution < -0.4 is 15.0 Å². The van der Waals surface area contributed by atoms with E-state index in [1.54, 1.807) is 48.9 Å². The maximum atomic E-state index is 12.2. The van der Waals surface area contributed by atoms with Gasteiger partial charge in [0.05, 0.1) is 12.3 Å². The second-order valence-electron chi connectivity index (χ2n) is 5.37. The molecule has 1 N–H and O–H groups in total. The van der Waals surface area contributed by atoms with Crippen LogP contribution in [0.4, 0.5) is 0 Å². The fraction of sp³-hybridized carbons (Fsp3) is 0.158. The minimum Gasteiger partial charge on any atom is -0.490 e. The predicted octanol–water partition coefficient (Wildman–Crippen LogP) is 3.71. The molecular weight excluding hydrogens is 398 g/mol. The first-order valence-electron chi connectivity index (χ1n) is 8.18. The third-order valence-corrected chi connectivity index (χ3v) is 5.07. The third kappa shape index (κ3) is 4.08. The maximum absolute atomic E-state index is 12.2. The monoisotopic (exact) mass is 413 g/mol. The zero-order valence-corrected chi connectivity index (χ0v) is 16.6. The number of ether oxygens (including phenoxy) is 2. The minimum absolute atomic E-state index is 0.0939. The number of rotatable bonds is 6. The number of thiophene rings is 1. The van der Waals surface area contributed by atoms with E-state index in [0.717, 1.165) is 0 Å². The number of carbonyl (C=O) groups is 1. The van der Waals surface area contributed by atoms with Crippen molar-refractivity contribution in [3.63, 3.8) is 0 Å². The van der Waals surface area contributed by atoms with Crippen molar-refractivity contribution >= 4 is 29.1 Å². The Bertz CT molecular complexity index is 1100. The standard InChI is InChI=1S/C19H15N3O4S2/c1-3-25-14-9-11(16-12(10-20)17(23)22-19(21-16)27-2)6-7-13(14)26-18(24)15-5-4-8-28-15/h4-9H,3H2,1-2H3,(H,21,22,23). The topological polar surface area (TPSA) is 105 Å². The van der Waals surface area contributed by atoms with Crippen LogP contribution in [0.15, 0.2) is 45.7 Å². The van der Waals surface area contributed by atoms with Crippen molar-refractivity contribution in [2.75, 3.05) is 12.9 Å². The highest BCUT2D eigenvalue weighted by atomic mass is 32.2. The molecule has 0 aliphatic carbocycles. The zero-order chi connectivity index (χ0) is 20.1. The van der Waals surface area contributed by atoms with Crippen LogP contribution in [0.5, 0.6) is 11.5 Å². The maximum Gasteiger partial charge on any atom is 0.353 e. The molecule has 0 saturated heterocycles. The Morgan fingerprint density at radius 3 is 2.82 bits per heavy atom. The average Bonchev–Trinajstić information content (AvgIpc) is 3.23. The van der Waals surface area contributed by atoms with E-state index in [4.69, 9.17) is 9.47 Å². The molecule has 9 heteroatoms. The molecule has 0 unspecified atom stereocenters. The molecule has 1 aromatic carbocycles. The van der Waals surface area contributed by atoms with Gasteiger partial charge >= 0.3 is 5.97 Å². The fourth-order valence-corrected chi connectivity index (χ4v) is 3.39. The number of hydrogen-bond acceptors (Lipinski definition) is 8. The summed E-state index contributed by atoms with van der Waals surface area (Å²) in [4.78, 5) is 31.8. The highest BCUT2D eigenvalue weighted by molar-refractivity contribution is 7.98. The van der Waals surface area contributed by atoms with Crippen LogP contribution in [-0.2, 0) is 0 Å². The predicted molar refractivity (Wildman–Crippen MR) is 107 cm³/mol. The zero-order valence-electron chi connectivity index (χ0n) is 15.0. The molecule has 2 aromatic heterocycles. The Morgan fingerprint density at radius 1 is 1.36 bits per heavy atom. The number of aromatic nitrogens is 2. The molecule has 3 rings (SSSR count). The Kier molecular flexibility index (Phi) is 6.13. The van der Waals surface area contributed by atoms with E-state index in [2.05, 4.69) is 9.97 Å². The van der Waals surface area contributed by atoms with Gasteiger partial charge < -0.3 is 14.5 Å². The largest absolute Gasteiger partial charge is 0.490 e. The highest BCUT2D eigenvalue weighted by Gasteiger charge is 2.18.